The largest absolute Gasteiger partial charge is 0.325 e. The highest BCUT2D eigenvalue weighted by molar-refractivity contribution is 5.85. The van der Waals surface area contributed by atoms with E-state index in [1.165, 1.54) is 44.9 Å². The molecule has 0 aliphatic heterocycles. The number of unbranched alkanes of at least 4 members (excludes halogenated alkanes) is 7. The average molecular weight is 269 g/mol. The summed E-state index contributed by atoms with van der Waals surface area (Å²) in [4.78, 5) is 12.2. The van der Waals surface area contributed by atoms with Crippen molar-refractivity contribution in [3.05, 3.63) is 0 Å². The number of carbonyl (C=O) groups is 1. The molecule has 0 aromatic rings. The van der Waals surface area contributed by atoms with Gasteiger partial charge in [-0.1, -0.05) is 65.7 Å². The van der Waals surface area contributed by atoms with Crippen LogP contribution < -0.4 is 5.73 Å². The van der Waals surface area contributed by atoms with Crippen LogP contribution in [0.2, 0.25) is 0 Å². The zero-order chi connectivity index (χ0) is 14.9. The number of nitrogens with two attached hydrogens (primary N) is 1. The predicted octanol–water partition coefficient (Wildman–Crippen LogP) is 4.85. The lowest BCUT2D eigenvalue weighted by molar-refractivity contribution is -0.130. The van der Waals surface area contributed by atoms with Gasteiger partial charge in [0.1, 0.15) is 5.78 Å². The highest BCUT2D eigenvalue weighted by Crippen LogP contribution is 2.31. The summed E-state index contributed by atoms with van der Waals surface area (Å²) in [5.74, 6) is 0.311. The SMILES string of the molecule is CCCCCCCCCCC(=O)C(C)(C)C(C)(C)N. The van der Waals surface area contributed by atoms with Crippen molar-refractivity contribution in [2.45, 2.75) is 97.9 Å². The van der Waals surface area contributed by atoms with Crippen molar-refractivity contribution in [1.29, 1.82) is 0 Å². The van der Waals surface area contributed by atoms with E-state index in [9.17, 15) is 4.79 Å². The van der Waals surface area contributed by atoms with E-state index in [1.807, 2.05) is 27.7 Å². The Morgan fingerprint density at radius 2 is 1.26 bits per heavy atom. The zero-order valence-corrected chi connectivity index (χ0v) is 13.8. The molecule has 0 aromatic carbocycles. The van der Waals surface area contributed by atoms with Gasteiger partial charge in [-0.2, -0.15) is 0 Å². The summed E-state index contributed by atoms with van der Waals surface area (Å²) in [5.41, 5.74) is 5.23. The van der Waals surface area contributed by atoms with Gasteiger partial charge in [0.2, 0.25) is 0 Å². The quantitative estimate of drug-likeness (QED) is 0.545. The Kier molecular flexibility index (Phi) is 8.56. The first-order chi connectivity index (χ1) is 8.73. The Morgan fingerprint density at radius 1 is 0.842 bits per heavy atom. The Morgan fingerprint density at radius 3 is 1.68 bits per heavy atom. The van der Waals surface area contributed by atoms with E-state index in [0.29, 0.717) is 12.2 Å². The van der Waals surface area contributed by atoms with Crippen LogP contribution in [0.3, 0.4) is 0 Å². The fourth-order valence-electron chi connectivity index (χ4n) is 2.09. The van der Waals surface area contributed by atoms with Gasteiger partial charge in [0.15, 0.2) is 0 Å². The number of hydrogen-bond acceptors (Lipinski definition) is 2. The highest BCUT2D eigenvalue weighted by Gasteiger charge is 2.39. The molecule has 2 heteroatoms. The van der Waals surface area contributed by atoms with Gasteiger partial charge in [0, 0.05) is 17.4 Å². The normalized spacial score (nSPS) is 12.7. The van der Waals surface area contributed by atoms with Crippen molar-refractivity contribution in [3.8, 4) is 0 Å². The second-order valence-corrected chi connectivity index (χ2v) is 6.99. The number of Topliss-reactive ketones (excluding diaryl/α,β-unsaturated/α-hetero) is 1. The van der Waals surface area contributed by atoms with Crippen LogP contribution in [0.4, 0.5) is 0 Å². The second kappa shape index (κ2) is 8.73. The van der Waals surface area contributed by atoms with Gasteiger partial charge in [-0.05, 0) is 20.3 Å². The maximum atomic E-state index is 12.2. The van der Waals surface area contributed by atoms with Crippen molar-refractivity contribution in [3.63, 3.8) is 0 Å². The molecule has 0 saturated carbocycles. The summed E-state index contributed by atoms with van der Waals surface area (Å²) < 4.78 is 0. The summed E-state index contributed by atoms with van der Waals surface area (Å²) in [6, 6.07) is 0. The average Bonchev–Trinajstić information content (AvgIpc) is 2.30. The highest BCUT2D eigenvalue weighted by atomic mass is 16.1. The van der Waals surface area contributed by atoms with E-state index in [0.717, 1.165) is 6.42 Å². The van der Waals surface area contributed by atoms with Crippen molar-refractivity contribution in [1.82, 2.24) is 0 Å². The van der Waals surface area contributed by atoms with Crippen LogP contribution in [0, 0.1) is 5.41 Å². The minimum absolute atomic E-state index is 0.311. The molecule has 0 radical (unpaired) electrons. The van der Waals surface area contributed by atoms with Gasteiger partial charge in [-0.25, -0.2) is 0 Å². The van der Waals surface area contributed by atoms with Crippen LogP contribution in [-0.4, -0.2) is 11.3 Å². The van der Waals surface area contributed by atoms with Crippen LogP contribution in [0.25, 0.3) is 0 Å². The number of carbonyl (C=O) groups excluding carboxylic acids is 1. The smallest absolute Gasteiger partial charge is 0.140 e. The lowest BCUT2D eigenvalue weighted by Crippen LogP contribution is -2.51. The van der Waals surface area contributed by atoms with Crippen molar-refractivity contribution in [2.75, 3.05) is 0 Å². The fourth-order valence-corrected chi connectivity index (χ4v) is 2.09. The van der Waals surface area contributed by atoms with Gasteiger partial charge < -0.3 is 5.73 Å². The van der Waals surface area contributed by atoms with Crippen LogP contribution >= 0.6 is 0 Å². The fraction of sp³-hybridized carbons (Fsp3) is 0.941. The summed E-state index contributed by atoms with van der Waals surface area (Å²) in [5, 5.41) is 0. The van der Waals surface area contributed by atoms with E-state index >= 15 is 0 Å². The third-order valence-corrected chi connectivity index (χ3v) is 4.57. The van der Waals surface area contributed by atoms with E-state index in [-0.39, 0.29) is 0 Å². The molecular formula is C17H35NO. The van der Waals surface area contributed by atoms with Crippen molar-refractivity contribution in [2.24, 2.45) is 11.1 Å². The van der Waals surface area contributed by atoms with Crippen LogP contribution in [0.15, 0.2) is 0 Å². The lowest BCUT2D eigenvalue weighted by atomic mass is 9.71. The van der Waals surface area contributed by atoms with E-state index in [4.69, 9.17) is 5.73 Å². The molecule has 19 heavy (non-hydrogen) atoms. The Bertz CT molecular complexity index is 250. The third-order valence-electron chi connectivity index (χ3n) is 4.57. The molecule has 114 valence electrons. The van der Waals surface area contributed by atoms with E-state index in [1.54, 1.807) is 0 Å². The first-order valence-electron chi connectivity index (χ1n) is 8.05. The predicted molar refractivity (Wildman–Crippen MR) is 84.3 cm³/mol. The second-order valence-electron chi connectivity index (χ2n) is 6.99. The van der Waals surface area contributed by atoms with Gasteiger partial charge in [-0.15, -0.1) is 0 Å². The topological polar surface area (TPSA) is 43.1 Å². The molecular weight excluding hydrogens is 234 g/mol. The molecule has 0 unspecified atom stereocenters. The molecule has 0 rings (SSSR count). The molecule has 0 spiro atoms. The molecule has 2 nitrogen and oxygen atoms in total. The van der Waals surface area contributed by atoms with Gasteiger partial charge in [0.25, 0.3) is 0 Å². The summed E-state index contributed by atoms with van der Waals surface area (Å²) in [6.45, 7) is 10.1. The summed E-state index contributed by atoms with van der Waals surface area (Å²) in [6.07, 6.45) is 10.8. The van der Waals surface area contributed by atoms with Crippen LogP contribution in [0.1, 0.15) is 92.4 Å². The lowest BCUT2D eigenvalue weighted by Gasteiger charge is -2.37. The Labute approximate surface area is 120 Å². The standard InChI is InChI=1S/C17H35NO/c1-6-7-8-9-10-11-12-13-14-15(19)16(2,3)17(4,5)18/h6-14,18H2,1-5H3. The maximum absolute atomic E-state index is 12.2. The molecule has 0 aliphatic rings. The molecule has 0 bridgehead atoms. The minimum Gasteiger partial charge on any atom is -0.325 e. The molecule has 0 heterocycles. The first kappa shape index (κ1) is 18.6. The van der Waals surface area contributed by atoms with Gasteiger partial charge in [-0.3, -0.25) is 4.79 Å². The molecule has 0 amide bonds. The number of rotatable bonds is 11. The van der Waals surface area contributed by atoms with E-state index < -0.39 is 11.0 Å². The molecule has 0 aromatic heterocycles. The van der Waals surface area contributed by atoms with Gasteiger partial charge >= 0.3 is 0 Å². The van der Waals surface area contributed by atoms with Crippen molar-refractivity contribution >= 4 is 5.78 Å². The molecule has 2 N–H and O–H groups in total. The monoisotopic (exact) mass is 269 g/mol. The number of hydrogen-bond donors (Lipinski definition) is 1. The molecule has 0 fully saturated rings. The van der Waals surface area contributed by atoms with Crippen LogP contribution in [0.5, 0.6) is 0 Å². The molecule has 0 saturated heterocycles. The first-order valence-corrected chi connectivity index (χ1v) is 8.05. The molecule has 0 atom stereocenters. The summed E-state index contributed by atoms with van der Waals surface area (Å²) >= 11 is 0. The molecule has 0 aliphatic carbocycles. The maximum Gasteiger partial charge on any atom is 0.140 e. The number of ketones is 1. The minimum atomic E-state index is -0.440. The third kappa shape index (κ3) is 7.10. The van der Waals surface area contributed by atoms with Crippen LogP contribution in [-0.2, 0) is 4.79 Å². The van der Waals surface area contributed by atoms with E-state index in [2.05, 4.69) is 6.92 Å². The van der Waals surface area contributed by atoms with Crippen molar-refractivity contribution < 1.29 is 4.79 Å². The Balaban J connectivity index is 3.70. The van der Waals surface area contributed by atoms with Gasteiger partial charge in [0.05, 0.1) is 0 Å². The Hall–Kier alpha value is -0.370. The zero-order valence-electron chi connectivity index (χ0n) is 13.8. The summed E-state index contributed by atoms with van der Waals surface area (Å²) in [7, 11) is 0.